The van der Waals surface area contributed by atoms with Crippen LogP contribution < -0.4 is 0 Å². The fourth-order valence-electron chi connectivity index (χ4n) is 2.19. The van der Waals surface area contributed by atoms with Crippen LogP contribution >= 0.6 is 0 Å². The van der Waals surface area contributed by atoms with Gasteiger partial charge in [0.1, 0.15) is 0 Å². The molecule has 0 unspecified atom stereocenters. The van der Waals surface area contributed by atoms with Gasteiger partial charge in [-0.3, -0.25) is 0 Å². The standard InChI is InChI=1S/C10H17NO/c1-9-3-2-6-11(9)10-4-7-12-8-5-10/h10H,1-8H2. The topological polar surface area (TPSA) is 12.5 Å². The Labute approximate surface area is 74.2 Å². The Morgan fingerprint density at radius 3 is 2.67 bits per heavy atom. The fourth-order valence-corrected chi connectivity index (χ4v) is 2.19. The predicted molar refractivity (Wildman–Crippen MR) is 48.9 cm³/mol. The summed E-state index contributed by atoms with van der Waals surface area (Å²) in [7, 11) is 0. The molecule has 2 heteroatoms. The van der Waals surface area contributed by atoms with Gasteiger partial charge in [0.15, 0.2) is 0 Å². The zero-order valence-corrected chi connectivity index (χ0v) is 7.59. The van der Waals surface area contributed by atoms with Gasteiger partial charge in [0, 0.05) is 31.5 Å². The molecule has 0 aromatic heterocycles. The molecular weight excluding hydrogens is 150 g/mol. The third-order valence-electron chi connectivity index (χ3n) is 2.90. The molecule has 2 nitrogen and oxygen atoms in total. The molecule has 0 atom stereocenters. The van der Waals surface area contributed by atoms with Crippen molar-refractivity contribution in [1.29, 1.82) is 0 Å². The van der Waals surface area contributed by atoms with Gasteiger partial charge < -0.3 is 9.64 Å². The number of ether oxygens (including phenoxy) is 1. The first-order valence-corrected chi connectivity index (χ1v) is 4.90. The van der Waals surface area contributed by atoms with Gasteiger partial charge in [0.25, 0.3) is 0 Å². The van der Waals surface area contributed by atoms with Crippen LogP contribution in [0.25, 0.3) is 0 Å². The molecule has 2 heterocycles. The summed E-state index contributed by atoms with van der Waals surface area (Å²) < 4.78 is 5.34. The molecule has 0 amide bonds. The summed E-state index contributed by atoms with van der Waals surface area (Å²) in [4.78, 5) is 2.49. The number of allylic oxidation sites excluding steroid dienone is 1. The van der Waals surface area contributed by atoms with Gasteiger partial charge >= 0.3 is 0 Å². The normalized spacial score (nSPS) is 26.7. The smallest absolute Gasteiger partial charge is 0.0485 e. The molecule has 2 aliphatic heterocycles. The lowest BCUT2D eigenvalue weighted by Crippen LogP contribution is -2.36. The van der Waals surface area contributed by atoms with E-state index < -0.39 is 0 Å². The average Bonchev–Trinajstić information content (AvgIpc) is 2.53. The molecule has 12 heavy (non-hydrogen) atoms. The van der Waals surface area contributed by atoms with Crippen molar-refractivity contribution in [3.05, 3.63) is 12.3 Å². The van der Waals surface area contributed by atoms with Crippen molar-refractivity contribution in [3.8, 4) is 0 Å². The van der Waals surface area contributed by atoms with E-state index in [0.29, 0.717) is 0 Å². The number of hydrogen-bond donors (Lipinski definition) is 0. The van der Waals surface area contributed by atoms with Crippen molar-refractivity contribution in [2.75, 3.05) is 19.8 Å². The summed E-state index contributed by atoms with van der Waals surface area (Å²) >= 11 is 0. The molecular formula is C10H17NO. The van der Waals surface area contributed by atoms with Crippen LogP contribution in [0.2, 0.25) is 0 Å². The van der Waals surface area contributed by atoms with Crippen molar-refractivity contribution in [2.24, 2.45) is 0 Å². The van der Waals surface area contributed by atoms with Crippen LogP contribution in [0.5, 0.6) is 0 Å². The minimum atomic E-state index is 0.730. The van der Waals surface area contributed by atoms with E-state index in [1.54, 1.807) is 0 Å². The molecule has 0 saturated carbocycles. The largest absolute Gasteiger partial charge is 0.381 e. The monoisotopic (exact) mass is 167 g/mol. The second kappa shape index (κ2) is 3.48. The minimum absolute atomic E-state index is 0.730. The van der Waals surface area contributed by atoms with Crippen molar-refractivity contribution < 1.29 is 4.74 Å². The van der Waals surface area contributed by atoms with Crippen LogP contribution in [0.3, 0.4) is 0 Å². The zero-order chi connectivity index (χ0) is 8.39. The highest BCUT2D eigenvalue weighted by Gasteiger charge is 2.25. The molecule has 0 aromatic rings. The molecule has 0 radical (unpaired) electrons. The molecule has 2 aliphatic rings. The summed E-state index contributed by atoms with van der Waals surface area (Å²) in [5.41, 5.74) is 1.35. The summed E-state index contributed by atoms with van der Waals surface area (Å²) in [6, 6.07) is 0.730. The molecule has 0 aromatic carbocycles. The molecule has 2 fully saturated rings. The quantitative estimate of drug-likeness (QED) is 0.590. The third kappa shape index (κ3) is 1.48. The second-order valence-electron chi connectivity index (χ2n) is 3.71. The Balaban J connectivity index is 1.93. The Morgan fingerprint density at radius 2 is 2.08 bits per heavy atom. The lowest BCUT2D eigenvalue weighted by Gasteiger charge is -2.33. The number of likely N-dealkylation sites (tertiary alicyclic amines) is 1. The highest BCUT2D eigenvalue weighted by atomic mass is 16.5. The Kier molecular flexibility index (Phi) is 2.35. The summed E-state index contributed by atoms with van der Waals surface area (Å²) in [5.74, 6) is 0. The minimum Gasteiger partial charge on any atom is -0.381 e. The summed E-state index contributed by atoms with van der Waals surface area (Å²) in [6.07, 6.45) is 4.89. The van der Waals surface area contributed by atoms with Crippen LogP contribution in [0, 0.1) is 0 Å². The fraction of sp³-hybridized carbons (Fsp3) is 0.800. The van der Waals surface area contributed by atoms with Crippen LogP contribution in [0.4, 0.5) is 0 Å². The van der Waals surface area contributed by atoms with Gasteiger partial charge in [-0.1, -0.05) is 6.58 Å². The Hall–Kier alpha value is -0.500. The van der Waals surface area contributed by atoms with Gasteiger partial charge in [0.05, 0.1) is 0 Å². The van der Waals surface area contributed by atoms with Gasteiger partial charge in [0.2, 0.25) is 0 Å². The van der Waals surface area contributed by atoms with E-state index in [4.69, 9.17) is 4.74 Å². The van der Waals surface area contributed by atoms with Crippen LogP contribution in [-0.4, -0.2) is 30.7 Å². The third-order valence-corrected chi connectivity index (χ3v) is 2.90. The van der Waals surface area contributed by atoms with E-state index in [2.05, 4.69) is 11.5 Å². The maximum Gasteiger partial charge on any atom is 0.0485 e. The van der Waals surface area contributed by atoms with E-state index in [-0.39, 0.29) is 0 Å². The average molecular weight is 167 g/mol. The maximum absolute atomic E-state index is 5.34. The zero-order valence-electron chi connectivity index (χ0n) is 7.59. The summed E-state index contributed by atoms with van der Waals surface area (Å²) in [5, 5.41) is 0. The van der Waals surface area contributed by atoms with Crippen LogP contribution in [0.15, 0.2) is 12.3 Å². The van der Waals surface area contributed by atoms with E-state index in [9.17, 15) is 0 Å². The van der Waals surface area contributed by atoms with Crippen LogP contribution in [0.1, 0.15) is 25.7 Å². The molecule has 68 valence electrons. The lowest BCUT2D eigenvalue weighted by molar-refractivity contribution is 0.0502. The molecule has 0 bridgehead atoms. The van der Waals surface area contributed by atoms with Gasteiger partial charge in [-0.15, -0.1) is 0 Å². The Morgan fingerprint density at radius 1 is 1.33 bits per heavy atom. The first kappa shape index (κ1) is 8.11. The number of rotatable bonds is 1. The highest BCUT2D eigenvalue weighted by Crippen LogP contribution is 2.26. The van der Waals surface area contributed by atoms with Crippen molar-refractivity contribution in [2.45, 2.75) is 31.7 Å². The van der Waals surface area contributed by atoms with Crippen molar-refractivity contribution in [1.82, 2.24) is 4.90 Å². The maximum atomic E-state index is 5.34. The summed E-state index contributed by atoms with van der Waals surface area (Å²) in [6.45, 7) is 7.20. The van der Waals surface area contributed by atoms with Gasteiger partial charge in [-0.05, 0) is 25.7 Å². The van der Waals surface area contributed by atoms with E-state index in [0.717, 1.165) is 19.3 Å². The van der Waals surface area contributed by atoms with Gasteiger partial charge in [-0.2, -0.15) is 0 Å². The molecule has 2 rings (SSSR count). The molecule has 2 saturated heterocycles. The van der Waals surface area contributed by atoms with Gasteiger partial charge in [-0.25, -0.2) is 0 Å². The predicted octanol–water partition coefficient (Wildman–Crippen LogP) is 1.77. The van der Waals surface area contributed by atoms with Crippen molar-refractivity contribution in [3.63, 3.8) is 0 Å². The highest BCUT2D eigenvalue weighted by molar-refractivity contribution is 5.02. The number of hydrogen-bond acceptors (Lipinski definition) is 2. The Bertz CT molecular complexity index is 173. The lowest BCUT2D eigenvalue weighted by atomic mass is 10.1. The van der Waals surface area contributed by atoms with Crippen LogP contribution in [-0.2, 0) is 4.74 Å². The van der Waals surface area contributed by atoms with E-state index in [1.165, 1.54) is 37.9 Å². The molecule has 0 aliphatic carbocycles. The SMILES string of the molecule is C=C1CCCN1C1CCOCC1. The first-order chi connectivity index (χ1) is 5.88. The van der Waals surface area contributed by atoms with E-state index >= 15 is 0 Å². The van der Waals surface area contributed by atoms with E-state index in [1.807, 2.05) is 0 Å². The first-order valence-electron chi connectivity index (χ1n) is 4.90. The molecule has 0 spiro atoms. The molecule has 0 N–H and O–H groups in total. The number of nitrogens with zero attached hydrogens (tertiary/aromatic N) is 1. The van der Waals surface area contributed by atoms with Crippen molar-refractivity contribution >= 4 is 0 Å². The second-order valence-corrected chi connectivity index (χ2v) is 3.71.